The molecule has 12 aromatic rings. The molecule has 0 amide bonds. The van der Waals surface area contributed by atoms with Crippen molar-refractivity contribution >= 4 is 24.4 Å². The molecule has 0 aromatic heterocycles. The average molecular weight is 986 g/mol. The Morgan fingerprint density at radius 2 is 0.342 bits per heavy atom. The van der Waals surface area contributed by atoms with Crippen LogP contribution in [0, 0.1) is 20.8 Å². The molecular formula is C75H57Si. The monoisotopic (exact) mass is 985 g/mol. The number of hydrogen-bond donors (Lipinski definition) is 0. The largest absolute Gasteiger partial charge is 0.155 e. The molecule has 0 nitrogen and oxygen atoms in total. The molecule has 0 unspecified atom stereocenters. The summed E-state index contributed by atoms with van der Waals surface area (Å²) in [7, 11) is -2.04. The molecule has 1 radical (unpaired) electrons. The van der Waals surface area contributed by atoms with Crippen LogP contribution in [0.3, 0.4) is 0 Å². The van der Waals surface area contributed by atoms with Crippen molar-refractivity contribution in [3.8, 4) is 100 Å². The van der Waals surface area contributed by atoms with Crippen LogP contribution in [-0.2, 0) is 0 Å². The third kappa shape index (κ3) is 9.06. The van der Waals surface area contributed by atoms with Gasteiger partial charge in [-0.1, -0.05) is 291 Å². The van der Waals surface area contributed by atoms with Crippen LogP contribution in [0.25, 0.3) is 100 Å². The van der Waals surface area contributed by atoms with E-state index < -0.39 is 8.80 Å². The van der Waals surface area contributed by atoms with Crippen molar-refractivity contribution in [2.75, 3.05) is 0 Å². The van der Waals surface area contributed by atoms with Crippen molar-refractivity contribution in [2.24, 2.45) is 0 Å². The minimum absolute atomic E-state index is 1.19. The normalized spacial score (nSPS) is 11.2. The molecule has 0 aliphatic heterocycles. The highest BCUT2D eigenvalue weighted by Gasteiger charge is 2.34. The zero-order chi connectivity index (χ0) is 51.4. The quantitative estimate of drug-likeness (QED) is 0.0845. The predicted molar refractivity (Wildman–Crippen MR) is 327 cm³/mol. The maximum atomic E-state index is 2.61. The van der Waals surface area contributed by atoms with E-state index in [1.54, 1.807) is 0 Å². The summed E-state index contributed by atoms with van der Waals surface area (Å²) in [6.45, 7) is 7.24. The third-order valence-electron chi connectivity index (χ3n) is 15.2. The van der Waals surface area contributed by atoms with Crippen LogP contribution in [0.15, 0.2) is 291 Å². The molecule has 0 atom stereocenters. The van der Waals surface area contributed by atoms with Gasteiger partial charge in [-0.25, -0.2) is 0 Å². The zero-order valence-corrected chi connectivity index (χ0v) is 44.2. The first-order valence-corrected chi connectivity index (χ1v) is 27.9. The highest BCUT2D eigenvalue weighted by atomic mass is 28.3. The maximum Gasteiger partial charge on any atom is 0.155 e. The molecule has 12 rings (SSSR count). The predicted octanol–water partition coefficient (Wildman–Crippen LogP) is 18.1. The van der Waals surface area contributed by atoms with Crippen LogP contribution >= 0.6 is 0 Å². The Bertz CT molecular complexity index is 3520. The van der Waals surface area contributed by atoms with E-state index >= 15 is 0 Å². The van der Waals surface area contributed by atoms with Gasteiger partial charge < -0.3 is 0 Å². The Hall–Kier alpha value is -9.14. The molecule has 1 heteroatoms. The van der Waals surface area contributed by atoms with Crippen molar-refractivity contribution in [2.45, 2.75) is 20.8 Å². The van der Waals surface area contributed by atoms with Gasteiger partial charge in [0.15, 0.2) is 8.80 Å². The molecular weight excluding hydrogens is 929 g/mol. The van der Waals surface area contributed by atoms with Crippen LogP contribution in [0.2, 0.25) is 0 Å². The summed E-state index contributed by atoms with van der Waals surface area (Å²) in [4.78, 5) is 0. The lowest BCUT2D eigenvalue weighted by atomic mass is 9.84. The van der Waals surface area contributed by atoms with E-state index in [0.29, 0.717) is 0 Å². The third-order valence-corrected chi connectivity index (χ3v) is 18.4. The van der Waals surface area contributed by atoms with Gasteiger partial charge in [0.1, 0.15) is 0 Å². The number of benzene rings is 12. The molecule has 361 valence electrons. The molecule has 0 saturated heterocycles. The summed E-state index contributed by atoms with van der Waals surface area (Å²) < 4.78 is 0. The molecule has 0 aliphatic rings. The fourth-order valence-electron chi connectivity index (χ4n) is 11.7. The fraction of sp³-hybridized carbons (Fsp3) is 0.0400. The first-order chi connectivity index (χ1) is 37.5. The molecule has 0 fully saturated rings. The molecule has 0 spiro atoms. The number of hydrogen-bond acceptors (Lipinski definition) is 0. The van der Waals surface area contributed by atoms with E-state index in [-0.39, 0.29) is 0 Å². The van der Waals surface area contributed by atoms with Gasteiger partial charge in [0.05, 0.1) is 0 Å². The van der Waals surface area contributed by atoms with E-state index in [1.165, 1.54) is 132 Å². The van der Waals surface area contributed by atoms with E-state index in [0.717, 1.165) is 0 Å². The summed E-state index contributed by atoms with van der Waals surface area (Å²) in [5, 5.41) is 4.10. The number of rotatable bonds is 12. The topological polar surface area (TPSA) is 0 Å². The second-order valence-electron chi connectivity index (χ2n) is 19.7. The lowest BCUT2D eigenvalue weighted by molar-refractivity contribution is 1.45. The second kappa shape index (κ2) is 21.4. The summed E-state index contributed by atoms with van der Waals surface area (Å²) in [6, 6.07) is 108. The summed E-state index contributed by atoms with van der Waals surface area (Å²) in [5.74, 6) is 0. The van der Waals surface area contributed by atoms with Gasteiger partial charge >= 0.3 is 0 Å². The van der Waals surface area contributed by atoms with Crippen molar-refractivity contribution in [3.05, 3.63) is 308 Å². The standard InChI is InChI=1S/C75H57Si/c1-52-67(49-64(55-31-13-4-14-32-55)73(61-43-25-10-26-44-61)70(52)58-37-19-7-20-38-58)76(68-50-65(56-33-15-5-16-34-56)74(62-45-27-11-28-46-62)71(53(68)2)59-39-21-8-22-40-59)69-51-66(57-35-17-6-18-36-57)75(63-47-29-12-30-48-63)72(54(69)3)60-41-23-9-24-42-60/h4-51H,1-3H3. The van der Waals surface area contributed by atoms with Crippen molar-refractivity contribution in [1.82, 2.24) is 0 Å². The van der Waals surface area contributed by atoms with Crippen LogP contribution in [0.5, 0.6) is 0 Å². The van der Waals surface area contributed by atoms with Gasteiger partial charge in [-0.15, -0.1) is 0 Å². The molecule has 0 N–H and O–H groups in total. The highest BCUT2D eigenvalue weighted by molar-refractivity contribution is 6.96. The van der Waals surface area contributed by atoms with Crippen molar-refractivity contribution < 1.29 is 0 Å². The van der Waals surface area contributed by atoms with E-state index in [9.17, 15) is 0 Å². The van der Waals surface area contributed by atoms with E-state index in [1.807, 2.05) is 0 Å². The molecule has 76 heavy (non-hydrogen) atoms. The van der Waals surface area contributed by atoms with Gasteiger partial charge in [0.25, 0.3) is 0 Å². The highest BCUT2D eigenvalue weighted by Crippen LogP contribution is 2.46. The SMILES string of the molecule is Cc1c([Si](c2cc(-c3ccccc3)c(-c3ccccc3)c(-c3ccccc3)c2C)c2cc(-c3ccccc3)c(-c3ccccc3)c(-c3ccccc3)c2C)cc(-c2ccccc2)c(-c2ccccc2)c1-c1ccccc1. The summed E-state index contributed by atoms with van der Waals surface area (Å²) in [6.07, 6.45) is 0. The van der Waals surface area contributed by atoms with E-state index in [2.05, 4.69) is 312 Å². The molecule has 0 bridgehead atoms. The molecule has 0 heterocycles. The van der Waals surface area contributed by atoms with Gasteiger partial charge in [-0.05, 0) is 153 Å². The maximum absolute atomic E-state index is 2.61. The van der Waals surface area contributed by atoms with Crippen LogP contribution in [-0.4, -0.2) is 8.80 Å². The lowest BCUT2D eigenvalue weighted by Crippen LogP contribution is -2.55. The first-order valence-electron chi connectivity index (χ1n) is 26.4. The smallest absolute Gasteiger partial charge is 0.0622 e. The summed E-state index contributed by atoms with van der Waals surface area (Å²) in [5.41, 5.74) is 25.9. The first kappa shape index (κ1) is 47.8. The lowest BCUT2D eigenvalue weighted by Gasteiger charge is -2.31. The minimum Gasteiger partial charge on any atom is -0.0622 e. The van der Waals surface area contributed by atoms with Crippen molar-refractivity contribution in [3.63, 3.8) is 0 Å². The summed E-state index contributed by atoms with van der Waals surface area (Å²) >= 11 is 0. The van der Waals surface area contributed by atoms with E-state index in [4.69, 9.17) is 0 Å². The molecule has 0 saturated carbocycles. The Labute approximate surface area is 450 Å². The average Bonchev–Trinajstić information content (AvgIpc) is 3.51. The van der Waals surface area contributed by atoms with Gasteiger partial charge in [-0.2, -0.15) is 0 Å². The van der Waals surface area contributed by atoms with Gasteiger partial charge in [0, 0.05) is 0 Å². The molecule has 12 aromatic carbocycles. The second-order valence-corrected chi connectivity index (χ2v) is 22.1. The minimum atomic E-state index is -2.04. The van der Waals surface area contributed by atoms with Crippen LogP contribution in [0.1, 0.15) is 16.7 Å². The van der Waals surface area contributed by atoms with Crippen LogP contribution in [0.4, 0.5) is 0 Å². The van der Waals surface area contributed by atoms with Gasteiger partial charge in [-0.3, -0.25) is 0 Å². The Kier molecular flexibility index (Phi) is 13.5. The fourth-order valence-corrected chi connectivity index (χ4v) is 14.9. The van der Waals surface area contributed by atoms with Crippen LogP contribution < -0.4 is 15.6 Å². The molecule has 0 aliphatic carbocycles. The Balaban J connectivity index is 1.32. The zero-order valence-electron chi connectivity index (χ0n) is 43.2. The van der Waals surface area contributed by atoms with Crippen molar-refractivity contribution in [1.29, 1.82) is 0 Å². The Morgan fingerprint density at radius 1 is 0.184 bits per heavy atom. The van der Waals surface area contributed by atoms with Gasteiger partial charge in [0.2, 0.25) is 0 Å². The Morgan fingerprint density at radius 3 is 0.526 bits per heavy atom.